The van der Waals surface area contributed by atoms with E-state index in [1.165, 1.54) is 11.8 Å². The van der Waals surface area contributed by atoms with E-state index in [1.54, 1.807) is 6.20 Å². The van der Waals surface area contributed by atoms with Crippen molar-refractivity contribution in [3.8, 4) is 0 Å². The predicted molar refractivity (Wildman–Crippen MR) is 123 cm³/mol. The fraction of sp³-hybridized carbons (Fsp3) is 0.500. The van der Waals surface area contributed by atoms with Gasteiger partial charge in [-0.1, -0.05) is 30.8 Å². The molecular formula is C22H31N5O2S. The van der Waals surface area contributed by atoms with Crippen LogP contribution in [0, 0.1) is 0 Å². The minimum Gasteiger partial charge on any atom is -0.374 e. The summed E-state index contributed by atoms with van der Waals surface area (Å²) >= 11 is 1.47. The van der Waals surface area contributed by atoms with Crippen LogP contribution in [0.3, 0.4) is 0 Å². The van der Waals surface area contributed by atoms with Crippen LogP contribution in [0.25, 0.3) is 0 Å². The third-order valence-electron chi connectivity index (χ3n) is 5.30. The lowest BCUT2D eigenvalue weighted by atomic mass is 10.1. The zero-order chi connectivity index (χ0) is 21.5. The Morgan fingerprint density at radius 2 is 2.17 bits per heavy atom. The molecule has 1 N–H and O–H groups in total. The smallest absolute Gasteiger partial charge is 0.263 e. The molecule has 30 heavy (non-hydrogen) atoms. The molecule has 3 rings (SSSR count). The Morgan fingerprint density at radius 3 is 2.90 bits per heavy atom. The number of fused-ring (bicyclic) bond motifs is 1. The second kappa shape index (κ2) is 10.7. The Kier molecular flexibility index (Phi) is 8.07. The molecule has 1 aliphatic heterocycles. The molecule has 1 atom stereocenters. The molecule has 8 heteroatoms. The Labute approximate surface area is 183 Å². The highest BCUT2D eigenvalue weighted by Crippen LogP contribution is 2.27. The van der Waals surface area contributed by atoms with E-state index in [0.29, 0.717) is 36.2 Å². The first-order chi connectivity index (χ1) is 14.6. The van der Waals surface area contributed by atoms with E-state index in [0.717, 1.165) is 30.6 Å². The van der Waals surface area contributed by atoms with Crippen LogP contribution in [0.1, 0.15) is 35.7 Å². The summed E-state index contributed by atoms with van der Waals surface area (Å²) in [6, 6.07) is 8.05. The van der Waals surface area contributed by atoms with Gasteiger partial charge in [0.15, 0.2) is 5.16 Å². The van der Waals surface area contributed by atoms with Gasteiger partial charge in [-0.2, -0.15) is 0 Å². The summed E-state index contributed by atoms with van der Waals surface area (Å²) < 4.78 is 6.10. The monoisotopic (exact) mass is 429 g/mol. The molecule has 162 valence electrons. The van der Waals surface area contributed by atoms with E-state index in [-0.39, 0.29) is 12.0 Å². The average Bonchev–Trinajstić information content (AvgIpc) is 2.90. The molecular weight excluding hydrogens is 398 g/mol. The lowest BCUT2D eigenvalue weighted by Crippen LogP contribution is -2.33. The number of rotatable bonds is 9. The summed E-state index contributed by atoms with van der Waals surface area (Å²) in [4.78, 5) is 26.0. The van der Waals surface area contributed by atoms with Crippen molar-refractivity contribution in [1.29, 1.82) is 0 Å². The predicted octanol–water partition coefficient (Wildman–Crippen LogP) is 3.20. The van der Waals surface area contributed by atoms with Crippen LogP contribution < -0.4 is 15.1 Å². The molecule has 0 unspecified atom stereocenters. The largest absolute Gasteiger partial charge is 0.374 e. The van der Waals surface area contributed by atoms with Crippen LogP contribution in [-0.4, -0.2) is 62.0 Å². The van der Waals surface area contributed by atoms with Crippen LogP contribution in [0.2, 0.25) is 0 Å². The molecule has 2 aromatic rings. The number of thioether (sulfide) groups is 1. The second-order valence-corrected chi connectivity index (χ2v) is 8.15. The summed E-state index contributed by atoms with van der Waals surface area (Å²) in [5, 5.41) is 3.84. The van der Waals surface area contributed by atoms with Crippen LogP contribution >= 0.6 is 11.8 Å². The molecule has 1 aromatic carbocycles. The number of carbonyl (C=O) groups is 1. The summed E-state index contributed by atoms with van der Waals surface area (Å²) in [5.74, 6) is 0.622. The van der Waals surface area contributed by atoms with Crippen molar-refractivity contribution in [3.05, 3.63) is 41.6 Å². The maximum absolute atomic E-state index is 13.3. The average molecular weight is 430 g/mol. The highest BCUT2D eigenvalue weighted by molar-refractivity contribution is 7.98. The fourth-order valence-corrected chi connectivity index (χ4v) is 3.82. The van der Waals surface area contributed by atoms with Crippen molar-refractivity contribution >= 4 is 29.2 Å². The third kappa shape index (κ3) is 5.30. The van der Waals surface area contributed by atoms with Crippen LogP contribution in [0.15, 0.2) is 35.6 Å². The first-order valence-electron chi connectivity index (χ1n) is 10.4. The van der Waals surface area contributed by atoms with Crippen LogP contribution in [0.5, 0.6) is 0 Å². The lowest BCUT2D eigenvalue weighted by molar-refractivity contribution is 0.0331. The number of hydrogen-bond acceptors (Lipinski definition) is 7. The highest BCUT2D eigenvalue weighted by Gasteiger charge is 2.28. The van der Waals surface area contributed by atoms with E-state index < -0.39 is 0 Å². The van der Waals surface area contributed by atoms with Gasteiger partial charge in [0.2, 0.25) is 0 Å². The standard InChI is InChI=1S/C22H31N5O2S/c1-5-18(9-10-23-2)29-15-16-7-6-8-17(13-16)27-12-11-26(3)20-19(21(27)28)14-24-22(25-20)30-4/h6-8,13-14,18,23H,5,9-12,15H2,1-4H3/t18-/m1/s1. The van der Waals surface area contributed by atoms with Gasteiger partial charge < -0.3 is 19.9 Å². The van der Waals surface area contributed by atoms with Crippen molar-refractivity contribution in [2.24, 2.45) is 0 Å². The Morgan fingerprint density at radius 1 is 1.33 bits per heavy atom. The molecule has 0 fully saturated rings. The number of aromatic nitrogens is 2. The minimum absolute atomic E-state index is 0.0690. The summed E-state index contributed by atoms with van der Waals surface area (Å²) in [7, 11) is 3.92. The molecule has 0 radical (unpaired) electrons. The quantitative estimate of drug-likeness (QED) is 0.485. The molecule has 0 aliphatic carbocycles. The summed E-state index contributed by atoms with van der Waals surface area (Å²) in [6.07, 6.45) is 5.77. The van der Waals surface area contributed by atoms with E-state index in [4.69, 9.17) is 4.74 Å². The zero-order valence-corrected chi connectivity index (χ0v) is 19.0. The SMILES string of the molecule is CC[C@H](CCNC)OCc1cccc(N2CCN(C)c3nc(SC)ncc3C2=O)c1. The van der Waals surface area contributed by atoms with Crippen molar-refractivity contribution < 1.29 is 9.53 Å². The molecule has 1 aromatic heterocycles. The van der Waals surface area contributed by atoms with Gasteiger partial charge in [-0.3, -0.25) is 4.79 Å². The Bertz CT molecular complexity index is 863. The Hall–Kier alpha value is -2.16. The van der Waals surface area contributed by atoms with Gasteiger partial charge in [-0.25, -0.2) is 9.97 Å². The van der Waals surface area contributed by atoms with E-state index >= 15 is 0 Å². The van der Waals surface area contributed by atoms with Gasteiger partial charge in [0, 0.05) is 32.0 Å². The van der Waals surface area contributed by atoms with Crippen molar-refractivity contribution in [3.63, 3.8) is 0 Å². The number of amides is 1. The second-order valence-electron chi connectivity index (χ2n) is 7.38. The number of hydrogen-bond donors (Lipinski definition) is 1. The van der Waals surface area contributed by atoms with Crippen LogP contribution in [-0.2, 0) is 11.3 Å². The highest BCUT2D eigenvalue weighted by atomic mass is 32.2. The van der Waals surface area contributed by atoms with Gasteiger partial charge in [-0.05, 0) is 50.4 Å². The number of anilines is 2. The summed E-state index contributed by atoms with van der Waals surface area (Å²) in [6.45, 7) is 4.91. The van der Waals surface area contributed by atoms with Gasteiger partial charge in [-0.15, -0.1) is 0 Å². The first-order valence-corrected chi connectivity index (χ1v) is 11.6. The molecule has 0 saturated carbocycles. The number of likely N-dealkylation sites (N-methyl/N-ethyl adjacent to an activating group) is 1. The maximum atomic E-state index is 13.3. The molecule has 0 bridgehead atoms. The number of ether oxygens (including phenoxy) is 1. The van der Waals surface area contributed by atoms with E-state index in [2.05, 4.69) is 22.2 Å². The number of nitrogens with one attached hydrogen (secondary N) is 1. The summed E-state index contributed by atoms with van der Waals surface area (Å²) in [5.41, 5.74) is 2.47. The number of nitrogens with zero attached hydrogens (tertiary/aromatic N) is 4. The van der Waals surface area contributed by atoms with Crippen molar-refractivity contribution in [2.45, 2.75) is 37.6 Å². The number of benzene rings is 1. The first kappa shape index (κ1) is 22.5. The van der Waals surface area contributed by atoms with Gasteiger partial charge >= 0.3 is 0 Å². The third-order valence-corrected chi connectivity index (χ3v) is 5.87. The van der Waals surface area contributed by atoms with E-state index in [9.17, 15) is 4.79 Å². The normalized spacial score (nSPS) is 15.1. The van der Waals surface area contributed by atoms with Crippen molar-refractivity contribution in [1.82, 2.24) is 15.3 Å². The van der Waals surface area contributed by atoms with Crippen LogP contribution in [0.4, 0.5) is 11.5 Å². The van der Waals surface area contributed by atoms with Crippen molar-refractivity contribution in [2.75, 3.05) is 49.8 Å². The molecule has 7 nitrogen and oxygen atoms in total. The van der Waals surface area contributed by atoms with Gasteiger partial charge in [0.1, 0.15) is 11.4 Å². The molecule has 0 saturated heterocycles. The van der Waals surface area contributed by atoms with Gasteiger partial charge in [0.25, 0.3) is 5.91 Å². The Balaban J connectivity index is 1.78. The molecule has 1 amide bonds. The maximum Gasteiger partial charge on any atom is 0.263 e. The van der Waals surface area contributed by atoms with Gasteiger partial charge in [0.05, 0.1) is 12.7 Å². The number of carbonyl (C=O) groups excluding carboxylic acids is 1. The minimum atomic E-state index is -0.0690. The molecule has 1 aliphatic rings. The molecule has 0 spiro atoms. The zero-order valence-electron chi connectivity index (χ0n) is 18.2. The van der Waals surface area contributed by atoms with E-state index in [1.807, 2.05) is 54.4 Å². The topological polar surface area (TPSA) is 70.6 Å². The molecule has 2 heterocycles. The fourth-order valence-electron chi connectivity index (χ4n) is 3.49. The lowest BCUT2D eigenvalue weighted by Gasteiger charge is -2.22.